The lowest BCUT2D eigenvalue weighted by Gasteiger charge is -2.11. The molecule has 5 heteroatoms. The Bertz CT molecular complexity index is 322. The minimum absolute atomic E-state index is 0.0591. The predicted molar refractivity (Wildman–Crippen MR) is 60.4 cm³/mol. The molecule has 0 bridgehead atoms. The van der Waals surface area contributed by atoms with Crippen LogP contribution in [0.15, 0.2) is 4.99 Å². The van der Waals surface area contributed by atoms with E-state index >= 15 is 0 Å². The number of rotatable bonds is 2. The van der Waals surface area contributed by atoms with E-state index in [2.05, 4.69) is 36.0 Å². The second-order valence-electron chi connectivity index (χ2n) is 4.35. The van der Waals surface area contributed by atoms with Gasteiger partial charge in [-0.25, -0.2) is 4.99 Å². The van der Waals surface area contributed by atoms with E-state index in [0.717, 1.165) is 5.01 Å². The third-order valence-electron chi connectivity index (χ3n) is 1.46. The fourth-order valence-corrected chi connectivity index (χ4v) is 1.48. The lowest BCUT2D eigenvalue weighted by molar-refractivity contribution is 0.578. The van der Waals surface area contributed by atoms with Crippen molar-refractivity contribution in [2.75, 3.05) is 14.1 Å². The molecular formula is C9H16N4S. The summed E-state index contributed by atoms with van der Waals surface area (Å²) in [5.41, 5.74) is 0.0591. The first-order chi connectivity index (χ1) is 6.39. The second kappa shape index (κ2) is 4.04. The maximum absolute atomic E-state index is 4.19. The van der Waals surface area contributed by atoms with Crippen molar-refractivity contribution >= 4 is 22.8 Å². The van der Waals surface area contributed by atoms with Crippen LogP contribution in [-0.2, 0) is 5.41 Å². The largest absolute Gasteiger partial charge is 0.369 e. The molecule has 1 aromatic rings. The summed E-state index contributed by atoms with van der Waals surface area (Å²) in [6, 6.07) is 0. The molecule has 0 aliphatic rings. The normalized spacial score (nSPS) is 12.4. The molecule has 0 aliphatic heterocycles. The zero-order valence-corrected chi connectivity index (χ0v) is 10.1. The Labute approximate surface area is 88.7 Å². The highest BCUT2D eigenvalue weighted by molar-refractivity contribution is 7.15. The summed E-state index contributed by atoms with van der Waals surface area (Å²) in [4.78, 5) is 6.06. The zero-order chi connectivity index (χ0) is 10.8. The molecule has 0 amide bonds. The van der Waals surface area contributed by atoms with E-state index in [-0.39, 0.29) is 5.41 Å². The first kappa shape index (κ1) is 11.1. The Morgan fingerprint density at radius 3 is 2.36 bits per heavy atom. The van der Waals surface area contributed by atoms with E-state index in [1.165, 1.54) is 11.3 Å². The second-order valence-corrected chi connectivity index (χ2v) is 5.30. The highest BCUT2D eigenvalue weighted by Gasteiger charge is 2.18. The molecule has 1 rings (SSSR count). The van der Waals surface area contributed by atoms with Gasteiger partial charge in [0.2, 0.25) is 5.13 Å². The number of aromatic nitrogens is 2. The third-order valence-corrected chi connectivity index (χ3v) is 2.71. The van der Waals surface area contributed by atoms with Gasteiger partial charge in [-0.05, 0) is 0 Å². The standard InChI is InChI=1S/C9H16N4S/c1-9(2,3)7-11-12-8(14-7)10-6-13(4)5/h6H,1-5H3. The van der Waals surface area contributed by atoms with Crippen LogP contribution in [0, 0.1) is 0 Å². The maximum Gasteiger partial charge on any atom is 0.233 e. The highest BCUT2D eigenvalue weighted by Crippen LogP contribution is 2.28. The summed E-state index contributed by atoms with van der Waals surface area (Å²) in [5.74, 6) is 0. The van der Waals surface area contributed by atoms with Crippen molar-refractivity contribution < 1.29 is 0 Å². The summed E-state index contributed by atoms with van der Waals surface area (Å²) in [5, 5.41) is 9.83. The summed E-state index contributed by atoms with van der Waals surface area (Å²) >= 11 is 1.53. The number of nitrogens with zero attached hydrogens (tertiary/aromatic N) is 4. The molecule has 0 saturated heterocycles. The molecule has 14 heavy (non-hydrogen) atoms. The molecule has 0 unspecified atom stereocenters. The highest BCUT2D eigenvalue weighted by atomic mass is 32.1. The number of hydrogen-bond acceptors (Lipinski definition) is 4. The monoisotopic (exact) mass is 212 g/mol. The number of aliphatic imine (C=N–C) groups is 1. The first-order valence-corrected chi connectivity index (χ1v) is 5.26. The molecule has 1 heterocycles. The first-order valence-electron chi connectivity index (χ1n) is 4.44. The van der Waals surface area contributed by atoms with E-state index in [1.807, 2.05) is 19.0 Å². The van der Waals surface area contributed by atoms with Gasteiger partial charge in [-0.2, -0.15) is 0 Å². The van der Waals surface area contributed by atoms with E-state index in [9.17, 15) is 0 Å². The predicted octanol–water partition coefficient (Wildman–Crippen LogP) is 2.06. The Balaban J connectivity index is 2.79. The van der Waals surface area contributed by atoms with Gasteiger partial charge in [0, 0.05) is 19.5 Å². The lowest BCUT2D eigenvalue weighted by Crippen LogP contribution is -2.10. The molecule has 0 aliphatic carbocycles. The topological polar surface area (TPSA) is 41.4 Å². The maximum atomic E-state index is 4.19. The van der Waals surface area contributed by atoms with Gasteiger partial charge < -0.3 is 4.90 Å². The molecule has 0 aromatic carbocycles. The summed E-state index contributed by atoms with van der Waals surface area (Å²) in [6.45, 7) is 6.35. The van der Waals surface area contributed by atoms with E-state index < -0.39 is 0 Å². The van der Waals surface area contributed by atoms with Crippen LogP contribution in [0.1, 0.15) is 25.8 Å². The summed E-state index contributed by atoms with van der Waals surface area (Å²) in [6.07, 6.45) is 1.73. The Kier molecular flexibility index (Phi) is 3.21. The Morgan fingerprint density at radius 1 is 1.29 bits per heavy atom. The molecule has 78 valence electrons. The molecule has 0 saturated carbocycles. The van der Waals surface area contributed by atoms with Gasteiger partial charge in [0.1, 0.15) is 5.01 Å². The fourth-order valence-electron chi connectivity index (χ4n) is 0.736. The van der Waals surface area contributed by atoms with Crippen LogP contribution in [0.25, 0.3) is 0 Å². The Hall–Kier alpha value is -0.970. The number of hydrogen-bond donors (Lipinski definition) is 0. The van der Waals surface area contributed by atoms with Crippen LogP contribution in [0.4, 0.5) is 5.13 Å². The summed E-state index contributed by atoms with van der Waals surface area (Å²) in [7, 11) is 3.85. The van der Waals surface area contributed by atoms with Crippen molar-refractivity contribution in [2.24, 2.45) is 4.99 Å². The average Bonchev–Trinajstić information content (AvgIpc) is 2.47. The van der Waals surface area contributed by atoms with Gasteiger partial charge in [0.25, 0.3) is 0 Å². The van der Waals surface area contributed by atoms with Crippen molar-refractivity contribution in [3.8, 4) is 0 Å². The van der Waals surface area contributed by atoms with E-state index in [1.54, 1.807) is 6.34 Å². The molecule has 0 N–H and O–H groups in total. The van der Waals surface area contributed by atoms with E-state index in [4.69, 9.17) is 0 Å². The molecular weight excluding hydrogens is 196 g/mol. The van der Waals surface area contributed by atoms with Gasteiger partial charge in [-0.15, -0.1) is 10.2 Å². The van der Waals surface area contributed by atoms with Gasteiger partial charge in [0.15, 0.2) is 0 Å². The van der Waals surface area contributed by atoms with Gasteiger partial charge in [0.05, 0.1) is 6.34 Å². The van der Waals surface area contributed by atoms with E-state index in [0.29, 0.717) is 5.13 Å². The van der Waals surface area contributed by atoms with Crippen LogP contribution >= 0.6 is 11.3 Å². The molecule has 4 nitrogen and oxygen atoms in total. The minimum atomic E-state index is 0.0591. The van der Waals surface area contributed by atoms with Crippen molar-refractivity contribution in [1.29, 1.82) is 0 Å². The fraction of sp³-hybridized carbons (Fsp3) is 0.667. The van der Waals surface area contributed by atoms with Crippen LogP contribution < -0.4 is 0 Å². The van der Waals surface area contributed by atoms with Crippen LogP contribution in [0.3, 0.4) is 0 Å². The molecule has 0 spiro atoms. The molecule has 1 aromatic heterocycles. The quantitative estimate of drug-likeness (QED) is 0.556. The van der Waals surface area contributed by atoms with Crippen LogP contribution in [0.2, 0.25) is 0 Å². The van der Waals surface area contributed by atoms with Crippen LogP contribution in [0.5, 0.6) is 0 Å². The van der Waals surface area contributed by atoms with Crippen molar-refractivity contribution in [2.45, 2.75) is 26.2 Å². The van der Waals surface area contributed by atoms with Crippen molar-refractivity contribution in [3.05, 3.63) is 5.01 Å². The van der Waals surface area contributed by atoms with Crippen molar-refractivity contribution in [1.82, 2.24) is 15.1 Å². The summed E-state index contributed by atoms with van der Waals surface area (Å²) < 4.78 is 0. The molecule has 0 fully saturated rings. The van der Waals surface area contributed by atoms with Gasteiger partial charge in [-0.1, -0.05) is 32.1 Å². The molecule has 0 radical (unpaired) electrons. The average molecular weight is 212 g/mol. The lowest BCUT2D eigenvalue weighted by atomic mass is 9.98. The minimum Gasteiger partial charge on any atom is -0.369 e. The third kappa shape index (κ3) is 3.06. The van der Waals surface area contributed by atoms with Crippen molar-refractivity contribution in [3.63, 3.8) is 0 Å². The van der Waals surface area contributed by atoms with Gasteiger partial charge in [-0.3, -0.25) is 0 Å². The molecule has 0 atom stereocenters. The Morgan fingerprint density at radius 2 is 1.93 bits per heavy atom. The zero-order valence-electron chi connectivity index (χ0n) is 9.27. The van der Waals surface area contributed by atoms with Gasteiger partial charge >= 0.3 is 0 Å². The smallest absolute Gasteiger partial charge is 0.233 e. The SMILES string of the molecule is CN(C)C=Nc1nnc(C(C)(C)C)s1. The van der Waals surface area contributed by atoms with Crippen LogP contribution in [-0.4, -0.2) is 35.5 Å².